The summed E-state index contributed by atoms with van der Waals surface area (Å²) >= 11 is 0. The average Bonchev–Trinajstić information content (AvgIpc) is 2.53. The molecule has 3 saturated carbocycles. The van der Waals surface area contributed by atoms with E-state index in [-0.39, 0.29) is 31.2 Å². The highest BCUT2D eigenvalue weighted by atomic mass is 35.5. The van der Waals surface area contributed by atoms with Crippen LogP contribution in [-0.4, -0.2) is 25.3 Å². The molecule has 0 radical (unpaired) electrons. The van der Waals surface area contributed by atoms with Gasteiger partial charge in [0.15, 0.2) is 0 Å². The van der Waals surface area contributed by atoms with Crippen molar-refractivity contribution in [2.75, 3.05) is 6.44 Å². The van der Waals surface area contributed by atoms with Gasteiger partial charge in [0.05, 0.1) is 11.7 Å². The van der Waals surface area contributed by atoms with Crippen molar-refractivity contribution in [1.29, 1.82) is 0 Å². The van der Waals surface area contributed by atoms with Gasteiger partial charge in [-0.2, -0.15) is 0 Å². The Bertz CT molecular complexity index is 302. The summed E-state index contributed by atoms with van der Waals surface area (Å²) in [5.41, 5.74) is 5.97. The Morgan fingerprint density at radius 1 is 1.31 bits per heavy atom. The van der Waals surface area contributed by atoms with Crippen LogP contribution in [0.5, 0.6) is 0 Å². The summed E-state index contributed by atoms with van der Waals surface area (Å²) in [7, 11) is -0.171. The Kier molecular flexibility index (Phi) is 2.86. The predicted octanol–water partition coefficient (Wildman–Crippen LogP) is 1.63. The third kappa shape index (κ3) is 1.33. The molecule has 1 heterocycles. The van der Waals surface area contributed by atoms with Gasteiger partial charge in [0, 0.05) is 6.44 Å². The molecule has 2 bridgehead atoms. The highest BCUT2D eigenvalue weighted by molar-refractivity contribution is 6.45. The van der Waals surface area contributed by atoms with E-state index < -0.39 is 0 Å². The largest absolute Gasteiger partial charge is 0.472 e. The first kappa shape index (κ1) is 12.7. The molecule has 0 aromatic rings. The first-order valence-corrected chi connectivity index (χ1v) is 6.02. The Balaban J connectivity index is 0.000000963. The Labute approximate surface area is 104 Å². The summed E-state index contributed by atoms with van der Waals surface area (Å²) in [6, 6.07) is 0. The molecule has 4 atom stereocenters. The van der Waals surface area contributed by atoms with Gasteiger partial charge in [0.2, 0.25) is 0 Å². The topological polar surface area (TPSA) is 44.5 Å². The molecule has 4 fully saturated rings. The normalized spacial score (nSPS) is 48.0. The van der Waals surface area contributed by atoms with Crippen LogP contribution in [0.2, 0.25) is 0 Å². The summed E-state index contributed by atoms with van der Waals surface area (Å²) in [5, 5.41) is 0. The van der Waals surface area contributed by atoms with Gasteiger partial charge in [0.1, 0.15) is 0 Å². The molecule has 16 heavy (non-hydrogen) atoms. The van der Waals surface area contributed by atoms with Crippen LogP contribution in [0, 0.1) is 17.3 Å². The minimum absolute atomic E-state index is 0. The molecule has 3 nitrogen and oxygen atoms in total. The van der Waals surface area contributed by atoms with E-state index in [9.17, 15) is 0 Å². The molecule has 2 N–H and O–H groups in total. The van der Waals surface area contributed by atoms with Gasteiger partial charge < -0.3 is 15.0 Å². The van der Waals surface area contributed by atoms with Crippen LogP contribution in [0.1, 0.15) is 33.6 Å². The molecule has 4 aliphatic rings. The first-order valence-electron chi connectivity index (χ1n) is 6.02. The van der Waals surface area contributed by atoms with Crippen LogP contribution in [0.25, 0.3) is 0 Å². The molecule has 3 aliphatic carbocycles. The summed E-state index contributed by atoms with van der Waals surface area (Å²) in [6.45, 7) is 6.95. The van der Waals surface area contributed by atoms with Crippen molar-refractivity contribution >= 4 is 19.5 Å². The average molecular weight is 246 g/mol. The molecule has 1 aliphatic heterocycles. The third-order valence-electron chi connectivity index (χ3n) is 5.19. The van der Waals surface area contributed by atoms with Crippen LogP contribution in [0.15, 0.2) is 0 Å². The fourth-order valence-electron chi connectivity index (χ4n) is 4.05. The molecule has 0 spiro atoms. The van der Waals surface area contributed by atoms with Gasteiger partial charge in [-0.25, -0.2) is 0 Å². The van der Waals surface area contributed by atoms with Crippen LogP contribution in [-0.2, 0) is 9.31 Å². The zero-order valence-corrected chi connectivity index (χ0v) is 11.0. The lowest BCUT2D eigenvalue weighted by Crippen LogP contribution is -2.65. The monoisotopic (exact) mass is 245 g/mol. The highest BCUT2D eigenvalue weighted by Gasteiger charge is 2.67. The maximum atomic E-state index is 6.04. The number of hydrogen-bond donors (Lipinski definition) is 1. The van der Waals surface area contributed by atoms with E-state index >= 15 is 0 Å². The van der Waals surface area contributed by atoms with E-state index in [0.29, 0.717) is 17.8 Å². The molecule has 5 heteroatoms. The van der Waals surface area contributed by atoms with Crippen molar-refractivity contribution in [3.63, 3.8) is 0 Å². The van der Waals surface area contributed by atoms with E-state index in [1.54, 1.807) is 0 Å². The lowest BCUT2D eigenvalue weighted by atomic mass is 9.43. The smallest absolute Gasteiger partial charge is 0.405 e. The molecule has 4 rings (SSSR count). The van der Waals surface area contributed by atoms with Crippen LogP contribution in [0.3, 0.4) is 0 Å². The number of nitrogens with two attached hydrogens (primary N) is 1. The van der Waals surface area contributed by atoms with Crippen molar-refractivity contribution in [1.82, 2.24) is 0 Å². The second kappa shape index (κ2) is 3.61. The van der Waals surface area contributed by atoms with Gasteiger partial charge in [-0.3, -0.25) is 0 Å². The van der Waals surface area contributed by atoms with Crippen molar-refractivity contribution < 1.29 is 9.31 Å². The predicted molar refractivity (Wildman–Crippen MR) is 66.4 cm³/mol. The second-order valence-corrected chi connectivity index (χ2v) is 6.13. The standard InChI is InChI=1S/C11H20BNO2.ClH/c1-10(2)7-4-8(10)11(3)9(5-7)14-12(6-13)15-11;/h7-9H,4-6,13H2,1-3H3;1H/t7?,8?,9?,11-;/m0./s1. The van der Waals surface area contributed by atoms with Gasteiger partial charge in [-0.15, -0.1) is 12.4 Å². The summed E-state index contributed by atoms with van der Waals surface area (Å²) in [4.78, 5) is 0. The van der Waals surface area contributed by atoms with E-state index in [1.165, 1.54) is 6.42 Å². The Morgan fingerprint density at radius 2 is 2.00 bits per heavy atom. The van der Waals surface area contributed by atoms with Crippen molar-refractivity contribution in [2.24, 2.45) is 23.0 Å². The fourth-order valence-corrected chi connectivity index (χ4v) is 4.05. The molecular weight excluding hydrogens is 224 g/mol. The highest BCUT2D eigenvalue weighted by Crippen LogP contribution is 2.65. The zero-order valence-electron chi connectivity index (χ0n) is 10.2. The Morgan fingerprint density at radius 3 is 2.56 bits per heavy atom. The lowest BCUT2D eigenvalue weighted by molar-refractivity contribution is -0.199. The zero-order chi connectivity index (χ0) is 10.8. The molecule has 0 amide bonds. The van der Waals surface area contributed by atoms with E-state index in [2.05, 4.69) is 20.8 Å². The molecule has 1 saturated heterocycles. The van der Waals surface area contributed by atoms with Crippen LogP contribution < -0.4 is 5.73 Å². The number of hydrogen-bond acceptors (Lipinski definition) is 3. The van der Waals surface area contributed by atoms with Gasteiger partial charge in [0.25, 0.3) is 0 Å². The lowest BCUT2D eigenvalue weighted by Gasteiger charge is -2.64. The SMILES string of the molecule is CC1(C)C2CC3OB(CN)O[C@@]3(C)C1C2.Cl. The minimum atomic E-state index is -0.171. The molecular formula is C11H21BClNO2. The maximum absolute atomic E-state index is 6.04. The quantitative estimate of drug-likeness (QED) is 0.714. The first-order chi connectivity index (χ1) is 6.98. The summed E-state index contributed by atoms with van der Waals surface area (Å²) in [6.07, 6.45) is 3.21. The van der Waals surface area contributed by atoms with Crippen molar-refractivity contribution in [3.05, 3.63) is 0 Å². The van der Waals surface area contributed by atoms with Gasteiger partial charge >= 0.3 is 7.12 Å². The number of rotatable bonds is 1. The molecule has 0 aromatic carbocycles. The fraction of sp³-hybridized carbons (Fsp3) is 1.00. The molecule has 3 unspecified atom stereocenters. The molecule has 0 aromatic heterocycles. The molecule has 92 valence electrons. The van der Waals surface area contributed by atoms with E-state index in [0.717, 1.165) is 12.3 Å². The van der Waals surface area contributed by atoms with Crippen molar-refractivity contribution in [3.8, 4) is 0 Å². The summed E-state index contributed by atoms with van der Waals surface area (Å²) in [5.74, 6) is 1.46. The second-order valence-electron chi connectivity index (χ2n) is 6.13. The van der Waals surface area contributed by atoms with E-state index in [4.69, 9.17) is 15.0 Å². The van der Waals surface area contributed by atoms with Gasteiger partial charge in [-0.05, 0) is 37.0 Å². The number of halogens is 1. The summed E-state index contributed by atoms with van der Waals surface area (Å²) < 4.78 is 11.9. The van der Waals surface area contributed by atoms with Crippen LogP contribution >= 0.6 is 12.4 Å². The van der Waals surface area contributed by atoms with Gasteiger partial charge in [-0.1, -0.05) is 13.8 Å². The van der Waals surface area contributed by atoms with Crippen LogP contribution in [0.4, 0.5) is 0 Å². The van der Waals surface area contributed by atoms with Crippen molar-refractivity contribution in [2.45, 2.75) is 45.3 Å². The van der Waals surface area contributed by atoms with E-state index in [1.807, 2.05) is 0 Å². The Hall–Kier alpha value is 0.235. The maximum Gasteiger partial charge on any atom is 0.472 e. The minimum Gasteiger partial charge on any atom is -0.405 e. The third-order valence-corrected chi connectivity index (χ3v) is 5.19.